The molecular formula is C17H21N3O4. The van der Waals surface area contributed by atoms with Crippen LogP contribution in [-0.4, -0.2) is 37.4 Å². The molecule has 0 saturated carbocycles. The van der Waals surface area contributed by atoms with Crippen LogP contribution in [0.2, 0.25) is 0 Å². The van der Waals surface area contributed by atoms with E-state index in [0.717, 1.165) is 12.8 Å². The summed E-state index contributed by atoms with van der Waals surface area (Å²) in [6.07, 6.45) is 3.82. The SMILES string of the molecule is CCCCOCC1OC=C[C@@H](OC(=O)c2ccccc2)[C@H]1N=[N+]=[N-]. The molecule has 128 valence electrons. The van der Waals surface area contributed by atoms with Crippen LogP contribution in [0.3, 0.4) is 0 Å². The van der Waals surface area contributed by atoms with Gasteiger partial charge in [-0.3, -0.25) is 0 Å². The third-order valence-electron chi connectivity index (χ3n) is 3.60. The average molecular weight is 331 g/mol. The summed E-state index contributed by atoms with van der Waals surface area (Å²) < 4.78 is 16.5. The quantitative estimate of drug-likeness (QED) is 0.239. The first-order valence-electron chi connectivity index (χ1n) is 7.96. The summed E-state index contributed by atoms with van der Waals surface area (Å²) >= 11 is 0. The average Bonchev–Trinajstić information content (AvgIpc) is 2.62. The molecule has 0 saturated heterocycles. The second kappa shape index (κ2) is 9.60. The summed E-state index contributed by atoms with van der Waals surface area (Å²) in [6, 6.07) is 7.99. The number of unbranched alkanes of at least 4 members (excludes halogenated alkanes) is 1. The minimum absolute atomic E-state index is 0.271. The zero-order chi connectivity index (χ0) is 17.2. The van der Waals surface area contributed by atoms with Gasteiger partial charge < -0.3 is 14.2 Å². The van der Waals surface area contributed by atoms with Crippen LogP contribution in [-0.2, 0) is 14.2 Å². The van der Waals surface area contributed by atoms with Crippen LogP contribution in [0.1, 0.15) is 30.1 Å². The van der Waals surface area contributed by atoms with Crippen molar-refractivity contribution in [2.45, 2.75) is 38.0 Å². The van der Waals surface area contributed by atoms with Gasteiger partial charge in [-0.05, 0) is 30.2 Å². The van der Waals surface area contributed by atoms with Gasteiger partial charge in [0.15, 0.2) is 0 Å². The molecule has 0 aliphatic carbocycles. The first-order chi connectivity index (χ1) is 11.8. The molecule has 1 aliphatic heterocycles. The Bertz CT molecular complexity index is 599. The highest BCUT2D eigenvalue weighted by atomic mass is 16.6. The van der Waals surface area contributed by atoms with Gasteiger partial charge in [-0.2, -0.15) is 0 Å². The van der Waals surface area contributed by atoms with Gasteiger partial charge in [-0.15, -0.1) is 0 Å². The Morgan fingerprint density at radius 3 is 2.88 bits per heavy atom. The fraction of sp³-hybridized carbons (Fsp3) is 0.471. The van der Waals surface area contributed by atoms with Crippen LogP contribution >= 0.6 is 0 Å². The van der Waals surface area contributed by atoms with Crippen molar-refractivity contribution in [3.8, 4) is 0 Å². The lowest BCUT2D eigenvalue weighted by Crippen LogP contribution is -2.43. The first kappa shape index (κ1) is 17.8. The third-order valence-corrected chi connectivity index (χ3v) is 3.60. The van der Waals surface area contributed by atoms with Crippen LogP contribution < -0.4 is 0 Å². The normalized spacial score (nSPS) is 22.3. The van der Waals surface area contributed by atoms with Gasteiger partial charge in [0.05, 0.1) is 18.4 Å². The number of hydrogen-bond acceptors (Lipinski definition) is 5. The smallest absolute Gasteiger partial charge is 0.338 e. The van der Waals surface area contributed by atoms with E-state index in [1.807, 2.05) is 6.07 Å². The number of carbonyl (C=O) groups excluding carboxylic acids is 1. The van der Waals surface area contributed by atoms with Crippen molar-refractivity contribution >= 4 is 5.97 Å². The van der Waals surface area contributed by atoms with Gasteiger partial charge in [0.2, 0.25) is 0 Å². The largest absolute Gasteiger partial charge is 0.495 e. The second-order valence-corrected chi connectivity index (χ2v) is 5.36. The van der Waals surface area contributed by atoms with Gasteiger partial charge in [0.1, 0.15) is 18.2 Å². The van der Waals surface area contributed by atoms with E-state index in [-0.39, 0.29) is 6.61 Å². The highest BCUT2D eigenvalue weighted by Crippen LogP contribution is 2.21. The van der Waals surface area contributed by atoms with Gasteiger partial charge in [-0.25, -0.2) is 4.79 Å². The molecule has 7 heteroatoms. The first-order valence-corrected chi connectivity index (χ1v) is 7.96. The van der Waals surface area contributed by atoms with Crippen molar-refractivity contribution in [3.63, 3.8) is 0 Å². The van der Waals surface area contributed by atoms with Crippen molar-refractivity contribution in [2.75, 3.05) is 13.2 Å². The van der Waals surface area contributed by atoms with Crippen LogP contribution in [0, 0.1) is 0 Å². The molecule has 0 spiro atoms. The molecule has 1 unspecified atom stereocenters. The van der Waals surface area contributed by atoms with Gasteiger partial charge in [0, 0.05) is 11.5 Å². The number of rotatable bonds is 8. The summed E-state index contributed by atoms with van der Waals surface area (Å²) in [6.45, 7) is 2.95. The third kappa shape index (κ3) is 5.01. The van der Waals surface area contributed by atoms with Crippen LogP contribution in [0.5, 0.6) is 0 Å². The minimum Gasteiger partial charge on any atom is -0.495 e. The second-order valence-electron chi connectivity index (χ2n) is 5.36. The number of esters is 1. The van der Waals surface area contributed by atoms with Crippen molar-refractivity contribution < 1.29 is 19.0 Å². The predicted octanol–water partition coefficient (Wildman–Crippen LogP) is 3.62. The van der Waals surface area contributed by atoms with Crippen LogP contribution in [0.15, 0.2) is 47.8 Å². The van der Waals surface area contributed by atoms with Crippen molar-refractivity contribution in [3.05, 3.63) is 58.7 Å². The zero-order valence-electron chi connectivity index (χ0n) is 13.6. The number of carbonyl (C=O) groups is 1. The Morgan fingerprint density at radius 1 is 1.38 bits per heavy atom. The topological polar surface area (TPSA) is 93.5 Å². The summed E-state index contributed by atoms with van der Waals surface area (Å²) in [4.78, 5) is 15.1. The minimum atomic E-state index is -0.692. The standard InChI is InChI=1S/C17H21N3O4/c1-2-3-10-22-12-15-16(19-20-18)14(9-11-23-15)24-17(21)13-7-5-4-6-8-13/h4-9,11,14-16H,2-3,10,12H2,1H3/t14-,15?,16-/m1/s1. The Morgan fingerprint density at radius 2 is 2.17 bits per heavy atom. The lowest BCUT2D eigenvalue weighted by molar-refractivity contribution is -0.0300. The molecule has 0 fully saturated rings. The molecule has 1 aromatic rings. The maximum Gasteiger partial charge on any atom is 0.338 e. The molecule has 0 aromatic heterocycles. The lowest BCUT2D eigenvalue weighted by Gasteiger charge is -2.31. The molecule has 24 heavy (non-hydrogen) atoms. The predicted molar refractivity (Wildman–Crippen MR) is 88.3 cm³/mol. The number of azide groups is 1. The maximum atomic E-state index is 12.2. The van der Waals surface area contributed by atoms with E-state index >= 15 is 0 Å². The van der Waals surface area contributed by atoms with Crippen LogP contribution in [0.4, 0.5) is 0 Å². The summed E-state index contributed by atoms with van der Waals surface area (Å²) in [5.74, 6) is -0.476. The number of nitrogens with zero attached hydrogens (tertiary/aromatic N) is 3. The van der Waals surface area contributed by atoms with Crippen LogP contribution in [0.25, 0.3) is 10.4 Å². The molecule has 1 heterocycles. The van der Waals surface area contributed by atoms with E-state index in [9.17, 15) is 4.79 Å². The van der Waals surface area contributed by atoms with Crippen molar-refractivity contribution in [2.24, 2.45) is 5.11 Å². The zero-order valence-corrected chi connectivity index (χ0v) is 13.6. The maximum absolute atomic E-state index is 12.2. The lowest BCUT2D eigenvalue weighted by atomic mass is 10.0. The number of ether oxygens (including phenoxy) is 3. The Kier molecular flexibility index (Phi) is 7.14. The molecule has 1 aliphatic rings. The molecule has 2 rings (SSSR count). The molecule has 3 atom stereocenters. The van der Waals surface area contributed by atoms with Crippen molar-refractivity contribution in [1.82, 2.24) is 0 Å². The molecule has 1 aromatic carbocycles. The van der Waals surface area contributed by atoms with E-state index in [1.165, 1.54) is 6.26 Å². The Labute approximate surface area is 140 Å². The van der Waals surface area contributed by atoms with E-state index in [4.69, 9.17) is 19.7 Å². The number of hydrogen-bond donors (Lipinski definition) is 0. The fourth-order valence-corrected chi connectivity index (χ4v) is 2.29. The molecular weight excluding hydrogens is 310 g/mol. The monoisotopic (exact) mass is 331 g/mol. The molecule has 0 amide bonds. The highest BCUT2D eigenvalue weighted by molar-refractivity contribution is 5.89. The van der Waals surface area contributed by atoms with Crippen molar-refractivity contribution in [1.29, 1.82) is 0 Å². The Hall–Kier alpha value is -2.50. The Balaban J connectivity index is 2.01. The van der Waals surface area contributed by atoms with E-state index in [0.29, 0.717) is 12.2 Å². The summed E-state index contributed by atoms with van der Waals surface area (Å²) in [5, 5.41) is 3.74. The van der Waals surface area contributed by atoms with Gasteiger partial charge in [-0.1, -0.05) is 36.7 Å². The molecule has 7 nitrogen and oxygen atoms in total. The van der Waals surface area contributed by atoms with Gasteiger partial charge in [0.25, 0.3) is 0 Å². The van der Waals surface area contributed by atoms with E-state index < -0.39 is 24.2 Å². The summed E-state index contributed by atoms with van der Waals surface area (Å²) in [5.41, 5.74) is 9.25. The fourth-order valence-electron chi connectivity index (χ4n) is 2.29. The molecule has 0 N–H and O–H groups in total. The van der Waals surface area contributed by atoms with E-state index in [2.05, 4.69) is 16.9 Å². The van der Waals surface area contributed by atoms with E-state index in [1.54, 1.807) is 30.3 Å². The molecule has 0 radical (unpaired) electrons. The summed E-state index contributed by atoms with van der Waals surface area (Å²) in [7, 11) is 0. The van der Waals surface area contributed by atoms with Gasteiger partial charge >= 0.3 is 5.97 Å². The highest BCUT2D eigenvalue weighted by Gasteiger charge is 2.34. The molecule has 0 bridgehead atoms. The number of benzene rings is 1.